The Morgan fingerprint density at radius 1 is 1.15 bits per heavy atom. The van der Waals surface area contributed by atoms with Gasteiger partial charge in [-0.15, -0.1) is 0 Å². The van der Waals surface area contributed by atoms with Crippen molar-refractivity contribution < 1.29 is 23.6 Å². The Morgan fingerprint density at radius 3 is 2.50 bits per heavy atom. The fourth-order valence-corrected chi connectivity index (χ4v) is 4.42. The summed E-state index contributed by atoms with van der Waals surface area (Å²) >= 11 is 3.27. The lowest BCUT2D eigenvalue weighted by Crippen LogP contribution is -2.17. The third-order valence-corrected chi connectivity index (χ3v) is 6.61. The van der Waals surface area contributed by atoms with Gasteiger partial charge in [-0.05, 0) is 81.8 Å². The van der Waals surface area contributed by atoms with Gasteiger partial charge in [0, 0.05) is 33.2 Å². The molecule has 0 unspecified atom stereocenters. The van der Waals surface area contributed by atoms with Gasteiger partial charge in [-0.2, -0.15) is 5.10 Å². The molecule has 0 aliphatic heterocycles. The molecule has 1 atom stereocenters. The number of nitrogens with zero attached hydrogens (tertiary/aromatic N) is 3. The lowest BCUT2D eigenvalue weighted by molar-refractivity contribution is -0.386. The van der Waals surface area contributed by atoms with Crippen LogP contribution in [0.3, 0.4) is 0 Å². The molecule has 0 aliphatic rings. The molecule has 2 aromatic heterocycles. The van der Waals surface area contributed by atoms with Crippen LogP contribution in [0.5, 0.6) is 11.5 Å². The second-order valence-corrected chi connectivity index (χ2v) is 10.1. The van der Waals surface area contributed by atoms with Crippen molar-refractivity contribution in [3.05, 3.63) is 104 Å². The number of nitro groups is 1. The second-order valence-electron chi connectivity index (χ2n) is 9.14. The summed E-state index contributed by atoms with van der Waals surface area (Å²) in [5, 5.41) is 15.5. The highest BCUT2D eigenvalue weighted by atomic mass is 79.9. The van der Waals surface area contributed by atoms with Crippen LogP contribution in [0.25, 0.3) is 5.69 Å². The van der Waals surface area contributed by atoms with Gasteiger partial charge in [-0.1, -0.05) is 22.9 Å². The number of hydrogen-bond acceptors (Lipinski definition) is 7. The number of nitrogens with one attached hydrogen (secondary N) is 1. The van der Waals surface area contributed by atoms with Gasteiger partial charge in [-0.25, -0.2) is 5.43 Å². The minimum absolute atomic E-state index is 0.0426. The van der Waals surface area contributed by atoms with Gasteiger partial charge in [0.25, 0.3) is 0 Å². The summed E-state index contributed by atoms with van der Waals surface area (Å²) in [7, 11) is 0. The van der Waals surface area contributed by atoms with E-state index in [0.29, 0.717) is 28.0 Å². The zero-order chi connectivity index (χ0) is 28.8. The molecular formula is C29H29BrN4O6. The number of nitro benzene ring substituents is 1. The van der Waals surface area contributed by atoms with Crippen molar-refractivity contribution in [1.82, 2.24) is 9.99 Å². The van der Waals surface area contributed by atoms with E-state index in [1.165, 1.54) is 18.3 Å². The summed E-state index contributed by atoms with van der Waals surface area (Å²) in [6.07, 6.45) is 1.70. The molecule has 40 heavy (non-hydrogen) atoms. The number of aromatic nitrogens is 1. The number of rotatable bonds is 11. The van der Waals surface area contributed by atoms with E-state index in [4.69, 9.17) is 13.9 Å². The van der Waals surface area contributed by atoms with Gasteiger partial charge in [-0.3, -0.25) is 14.9 Å². The quantitative estimate of drug-likeness (QED) is 0.112. The number of hydrazone groups is 1. The van der Waals surface area contributed by atoms with Gasteiger partial charge in [0.15, 0.2) is 5.76 Å². The summed E-state index contributed by atoms with van der Waals surface area (Å²) in [5.41, 5.74) is 5.85. The van der Waals surface area contributed by atoms with Crippen molar-refractivity contribution in [3.8, 4) is 17.2 Å². The molecular weight excluding hydrogens is 580 g/mol. The number of halogens is 1. The fraction of sp³-hybridized carbons (Fsp3) is 0.241. The van der Waals surface area contributed by atoms with Crippen LogP contribution in [0.15, 0.2) is 74.7 Å². The van der Waals surface area contributed by atoms with Crippen LogP contribution in [0.1, 0.15) is 53.5 Å². The van der Waals surface area contributed by atoms with Gasteiger partial charge >= 0.3 is 11.6 Å². The first-order chi connectivity index (χ1) is 19.2. The summed E-state index contributed by atoms with van der Waals surface area (Å²) in [5.74, 6) is 0.655. The smallest absolute Gasteiger partial charge is 0.312 e. The normalized spacial score (nSPS) is 11.9. The molecule has 4 rings (SSSR count). The van der Waals surface area contributed by atoms with E-state index in [1.807, 2.05) is 38.1 Å². The van der Waals surface area contributed by atoms with E-state index < -0.39 is 10.8 Å². The first kappa shape index (κ1) is 28.6. The van der Waals surface area contributed by atoms with Crippen LogP contribution in [0.4, 0.5) is 5.69 Å². The first-order valence-electron chi connectivity index (χ1n) is 12.6. The predicted molar refractivity (Wildman–Crippen MR) is 155 cm³/mol. The summed E-state index contributed by atoms with van der Waals surface area (Å²) in [4.78, 5) is 23.6. The molecule has 0 bridgehead atoms. The van der Waals surface area contributed by atoms with Crippen LogP contribution in [-0.2, 0) is 6.61 Å². The van der Waals surface area contributed by atoms with Crippen molar-refractivity contribution in [3.63, 3.8) is 0 Å². The molecule has 2 heterocycles. The minimum atomic E-state index is -0.585. The van der Waals surface area contributed by atoms with Crippen LogP contribution in [0.2, 0.25) is 0 Å². The third-order valence-electron chi connectivity index (χ3n) is 6.16. The molecule has 2 aromatic carbocycles. The number of carbonyl (C=O) groups is 1. The zero-order valence-electron chi connectivity index (χ0n) is 22.5. The van der Waals surface area contributed by atoms with E-state index >= 15 is 0 Å². The van der Waals surface area contributed by atoms with Crippen molar-refractivity contribution >= 4 is 33.7 Å². The number of furan rings is 1. The van der Waals surface area contributed by atoms with E-state index in [9.17, 15) is 14.9 Å². The maximum absolute atomic E-state index is 12.6. The SMILES string of the molecule is CC[C@H](C)Oc1c(/C=N/NC(=O)c2ccc(COc3ccc(-n4c(C)ccc4C)cc3)o2)cc(Br)cc1[N+](=O)[O-]. The van der Waals surface area contributed by atoms with E-state index in [-0.39, 0.29) is 29.9 Å². The first-order valence-corrected chi connectivity index (χ1v) is 13.4. The maximum atomic E-state index is 12.6. The van der Waals surface area contributed by atoms with Gasteiger partial charge in [0.05, 0.1) is 17.2 Å². The number of benzene rings is 2. The van der Waals surface area contributed by atoms with Crippen molar-refractivity contribution in [1.29, 1.82) is 0 Å². The molecule has 10 nitrogen and oxygen atoms in total. The van der Waals surface area contributed by atoms with Crippen LogP contribution < -0.4 is 14.9 Å². The molecule has 0 fully saturated rings. The molecule has 1 N–H and O–H groups in total. The lowest BCUT2D eigenvalue weighted by atomic mass is 10.2. The van der Waals surface area contributed by atoms with Crippen molar-refractivity contribution in [2.24, 2.45) is 5.10 Å². The Hall–Kier alpha value is -4.38. The van der Waals surface area contributed by atoms with E-state index in [1.54, 1.807) is 12.1 Å². The Kier molecular flexibility index (Phi) is 9.05. The van der Waals surface area contributed by atoms with Gasteiger partial charge in [0.2, 0.25) is 5.75 Å². The zero-order valence-corrected chi connectivity index (χ0v) is 24.1. The Morgan fingerprint density at radius 2 is 1.85 bits per heavy atom. The highest BCUT2D eigenvalue weighted by Gasteiger charge is 2.22. The number of aryl methyl sites for hydroxylation is 2. The van der Waals surface area contributed by atoms with Gasteiger partial charge < -0.3 is 18.5 Å². The fourth-order valence-electron chi connectivity index (χ4n) is 3.96. The monoisotopic (exact) mass is 608 g/mol. The molecule has 0 aliphatic carbocycles. The lowest BCUT2D eigenvalue weighted by Gasteiger charge is -2.15. The third kappa shape index (κ3) is 6.78. The molecule has 0 spiro atoms. The highest BCUT2D eigenvalue weighted by molar-refractivity contribution is 9.10. The number of carbonyl (C=O) groups excluding carboxylic acids is 1. The molecule has 0 radical (unpaired) electrons. The standard InChI is InChI=1S/C29H29BrN4O6/c1-5-20(4)39-28-21(14-22(30)15-26(28)34(36)37)16-31-32-29(35)27-13-12-25(40-27)17-38-24-10-8-23(9-11-24)33-18(2)6-7-19(33)3/h6-16,20H,5,17H2,1-4H3,(H,32,35)/b31-16+/t20-/m0/s1. The van der Waals surface area contributed by atoms with Crippen LogP contribution >= 0.6 is 15.9 Å². The topological polar surface area (TPSA) is 121 Å². The second kappa shape index (κ2) is 12.6. The molecule has 0 saturated heterocycles. The Bertz CT molecular complexity index is 1520. The molecule has 0 saturated carbocycles. The average Bonchev–Trinajstić information content (AvgIpc) is 3.54. The molecule has 208 valence electrons. The van der Waals surface area contributed by atoms with E-state index in [2.05, 4.69) is 57.0 Å². The van der Waals surface area contributed by atoms with Crippen molar-refractivity contribution in [2.75, 3.05) is 0 Å². The van der Waals surface area contributed by atoms with Gasteiger partial charge in [0.1, 0.15) is 18.1 Å². The maximum Gasteiger partial charge on any atom is 0.312 e. The number of hydrogen-bond donors (Lipinski definition) is 1. The Labute approximate surface area is 239 Å². The predicted octanol–water partition coefficient (Wildman–Crippen LogP) is 6.88. The summed E-state index contributed by atoms with van der Waals surface area (Å²) in [6, 6.07) is 18.0. The summed E-state index contributed by atoms with van der Waals surface area (Å²) in [6.45, 7) is 7.97. The average molecular weight is 609 g/mol. The molecule has 1 amide bonds. The minimum Gasteiger partial charge on any atom is -0.486 e. The highest BCUT2D eigenvalue weighted by Crippen LogP contribution is 2.35. The Balaban J connectivity index is 1.38. The molecule has 11 heteroatoms. The van der Waals surface area contributed by atoms with Crippen LogP contribution in [0, 0.1) is 24.0 Å². The number of amides is 1. The van der Waals surface area contributed by atoms with Crippen molar-refractivity contribution in [2.45, 2.75) is 46.8 Å². The number of ether oxygens (including phenoxy) is 2. The van der Waals surface area contributed by atoms with E-state index in [0.717, 1.165) is 17.1 Å². The molecule has 4 aromatic rings. The van der Waals surface area contributed by atoms with Crippen LogP contribution in [-0.4, -0.2) is 27.7 Å². The largest absolute Gasteiger partial charge is 0.486 e. The summed E-state index contributed by atoms with van der Waals surface area (Å²) < 4.78 is 19.8.